The summed E-state index contributed by atoms with van der Waals surface area (Å²) in [6, 6.07) is -1.54. The molecule has 0 aromatic carbocycles. The van der Waals surface area contributed by atoms with Crippen LogP contribution in [0.1, 0.15) is 6.92 Å². The first-order valence-electron chi connectivity index (χ1n) is 8.43. The van der Waals surface area contributed by atoms with E-state index in [0.717, 1.165) is 0 Å². The molecular weight excluding hydrogens is 474 g/mol. The highest BCUT2D eigenvalue weighted by Crippen LogP contribution is 2.32. The van der Waals surface area contributed by atoms with E-state index >= 15 is 0 Å². The third-order valence-electron chi connectivity index (χ3n) is 4.44. The van der Waals surface area contributed by atoms with Crippen molar-refractivity contribution in [3.63, 3.8) is 0 Å². The van der Waals surface area contributed by atoms with E-state index in [-0.39, 0.29) is 0 Å². The van der Waals surface area contributed by atoms with Crippen molar-refractivity contribution in [2.75, 3.05) is 6.61 Å². The third-order valence-corrected chi connectivity index (χ3v) is 5.48. The smallest absolute Gasteiger partial charge is 0.397 e. The molecule has 0 spiro atoms. The molecule has 1 fully saturated rings. The number of ether oxygens (including phenoxy) is 3. The molecule has 0 amide bonds. The molecule has 16 nitrogen and oxygen atoms in total. The van der Waals surface area contributed by atoms with Crippen molar-refractivity contribution in [2.45, 2.75) is 50.0 Å². The van der Waals surface area contributed by atoms with Crippen LogP contribution in [0.5, 0.6) is 0 Å². The molecule has 0 saturated carbocycles. The van der Waals surface area contributed by atoms with Gasteiger partial charge in [-0.3, -0.25) is 9.11 Å². The molecule has 0 aromatic heterocycles. The number of carboxylic acids is 1. The van der Waals surface area contributed by atoms with Gasteiger partial charge >= 0.3 is 26.7 Å². The van der Waals surface area contributed by atoms with Gasteiger partial charge in [0.2, 0.25) is 12.0 Å². The minimum atomic E-state index is -5.19. The number of rotatable bonds is 8. The topological polar surface area (TPSA) is 256 Å². The van der Waals surface area contributed by atoms with Gasteiger partial charge in [-0.25, -0.2) is 8.98 Å². The predicted octanol–water partition coefficient (Wildman–Crippen LogP) is -3.65. The van der Waals surface area contributed by atoms with Gasteiger partial charge in [-0.05, 0) is 6.08 Å². The second-order valence-electron chi connectivity index (χ2n) is 6.63. The van der Waals surface area contributed by atoms with Crippen molar-refractivity contribution in [3.8, 4) is 0 Å². The van der Waals surface area contributed by atoms with Crippen LogP contribution < -0.4 is 4.72 Å². The Hall–Kier alpha value is -1.45. The average Bonchev–Trinajstić information content (AvgIpc) is 2.61. The van der Waals surface area contributed by atoms with Gasteiger partial charge in [0, 0.05) is 5.92 Å². The largest absolute Gasteiger partial charge is 0.475 e. The standard InChI is InChI=1S/C13H21NO15S2/c1-4-8(14-30(20,21)22)12(19)26-7(3-15)9(4)28-13-10(29-31(23,24)25)5(16)2-6(27-13)11(17)18/h2,4-5,7-10,12-16,19H,3H2,1H3,(H,17,18)(H,20,21,22)(H,23,24,25)/t4-,5+,7?,8?,9+,10?,12?,13+/m1/s1. The van der Waals surface area contributed by atoms with Gasteiger partial charge in [0.05, 0.1) is 18.8 Å². The second kappa shape index (κ2) is 9.58. The first-order valence-corrected chi connectivity index (χ1v) is 11.2. The quantitative estimate of drug-likeness (QED) is 0.160. The Balaban J connectivity index is 2.36. The van der Waals surface area contributed by atoms with Crippen molar-refractivity contribution in [2.24, 2.45) is 5.92 Å². The van der Waals surface area contributed by atoms with Crippen molar-refractivity contribution in [1.82, 2.24) is 4.72 Å². The molecule has 18 heteroatoms. The molecule has 2 rings (SSSR count). The number of hydrogen-bond donors (Lipinski definition) is 7. The van der Waals surface area contributed by atoms with E-state index in [4.69, 9.17) is 28.4 Å². The van der Waals surface area contributed by atoms with Gasteiger partial charge < -0.3 is 34.6 Å². The molecule has 180 valence electrons. The monoisotopic (exact) mass is 495 g/mol. The predicted molar refractivity (Wildman–Crippen MR) is 93.5 cm³/mol. The van der Waals surface area contributed by atoms with E-state index in [1.807, 2.05) is 0 Å². The molecule has 0 bridgehead atoms. The zero-order chi connectivity index (χ0) is 23.7. The Kier molecular flexibility index (Phi) is 7.98. The van der Waals surface area contributed by atoms with E-state index in [2.05, 4.69) is 4.18 Å². The van der Waals surface area contributed by atoms with Gasteiger partial charge in [0.1, 0.15) is 12.2 Å². The van der Waals surface area contributed by atoms with Crippen LogP contribution in [0.3, 0.4) is 0 Å². The van der Waals surface area contributed by atoms with Crippen LogP contribution in [0.4, 0.5) is 0 Å². The Morgan fingerprint density at radius 3 is 2.29 bits per heavy atom. The Morgan fingerprint density at radius 2 is 1.81 bits per heavy atom. The minimum Gasteiger partial charge on any atom is -0.475 e. The highest BCUT2D eigenvalue weighted by Gasteiger charge is 2.49. The first kappa shape index (κ1) is 25.8. The summed E-state index contributed by atoms with van der Waals surface area (Å²) in [5, 5.41) is 38.6. The SMILES string of the molecule is C[C@@H]1C(NS(=O)(=O)O)C(O)OC(CO)[C@H]1O[C@@H]1OC(C(=O)O)=C[C@H](O)C1OS(=O)(=O)O. The van der Waals surface area contributed by atoms with Crippen LogP contribution in [-0.4, -0.2) is 102 Å². The van der Waals surface area contributed by atoms with Crippen LogP contribution in [0.25, 0.3) is 0 Å². The lowest BCUT2D eigenvalue weighted by Gasteiger charge is -2.45. The highest BCUT2D eigenvalue weighted by atomic mass is 32.3. The van der Waals surface area contributed by atoms with E-state index in [0.29, 0.717) is 6.08 Å². The van der Waals surface area contributed by atoms with Crippen LogP contribution in [0, 0.1) is 5.92 Å². The van der Waals surface area contributed by atoms with E-state index in [9.17, 15) is 36.9 Å². The molecule has 0 radical (unpaired) electrons. The second-order valence-corrected chi connectivity index (χ2v) is 8.86. The van der Waals surface area contributed by atoms with Crippen LogP contribution in [0.2, 0.25) is 0 Å². The maximum atomic E-state index is 11.2. The van der Waals surface area contributed by atoms with Crippen LogP contribution in [0.15, 0.2) is 11.8 Å². The lowest BCUT2D eigenvalue weighted by atomic mass is 9.89. The average molecular weight is 495 g/mol. The summed E-state index contributed by atoms with van der Waals surface area (Å²) in [6.45, 7) is 0.471. The lowest BCUT2D eigenvalue weighted by Crippen LogP contribution is -2.62. The molecule has 0 aromatic rings. The van der Waals surface area contributed by atoms with Crippen LogP contribution >= 0.6 is 0 Å². The molecule has 8 atom stereocenters. The van der Waals surface area contributed by atoms with Crippen molar-refractivity contribution < 1.29 is 69.6 Å². The summed E-state index contributed by atoms with van der Waals surface area (Å²) >= 11 is 0. The number of hydrogen-bond acceptors (Lipinski definition) is 12. The summed E-state index contributed by atoms with van der Waals surface area (Å²) in [4.78, 5) is 11.2. The number of carbonyl (C=O) groups is 1. The summed E-state index contributed by atoms with van der Waals surface area (Å²) < 4.78 is 83.9. The van der Waals surface area contributed by atoms with E-state index in [1.165, 1.54) is 6.92 Å². The van der Waals surface area contributed by atoms with E-state index in [1.54, 1.807) is 4.72 Å². The highest BCUT2D eigenvalue weighted by molar-refractivity contribution is 7.83. The maximum absolute atomic E-state index is 11.2. The molecule has 2 aliphatic rings. The van der Waals surface area contributed by atoms with E-state index < -0.39 is 88.0 Å². The molecule has 2 heterocycles. The summed E-state index contributed by atoms with van der Waals surface area (Å²) in [5.41, 5.74) is 0. The Labute approximate surface area is 175 Å². The molecule has 31 heavy (non-hydrogen) atoms. The fourth-order valence-electron chi connectivity index (χ4n) is 3.11. The summed E-state index contributed by atoms with van der Waals surface area (Å²) in [7, 11) is -10.0. The Morgan fingerprint density at radius 1 is 1.19 bits per heavy atom. The normalized spacial score (nSPS) is 37.0. The van der Waals surface area contributed by atoms with Crippen molar-refractivity contribution in [1.29, 1.82) is 0 Å². The molecule has 0 aliphatic carbocycles. The fourth-order valence-corrected chi connectivity index (χ4v) is 4.27. The molecule has 2 aliphatic heterocycles. The maximum Gasteiger partial charge on any atom is 0.397 e. The summed E-state index contributed by atoms with van der Waals surface area (Å²) in [6.07, 6.45) is -10.1. The molecule has 1 saturated heterocycles. The van der Waals surface area contributed by atoms with Gasteiger partial charge in [-0.1, -0.05) is 6.92 Å². The zero-order valence-corrected chi connectivity index (χ0v) is 17.2. The number of aliphatic hydroxyl groups is 3. The van der Waals surface area contributed by atoms with Crippen LogP contribution in [-0.2, 0) is 43.9 Å². The van der Waals surface area contributed by atoms with Gasteiger partial charge in [-0.15, -0.1) is 0 Å². The minimum absolute atomic E-state index is 0.578. The summed E-state index contributed by atoms with van der Waals surface area (Å²) in [5.74, 6) is -3.66. The number of aliphatic carboxylic acids is 1. The molecular formula is C13H21NO15S2. The lowest BCUT2D eigenvalue weighted by molar-refractivity contribution is -0.293. The van der Waals surface area contributed by atoms with Gasteiger partial charge in [0.15, 0.2) is 12.4 Å². The van der Waals surface area contributed by atoms with Crippen molar-refractivity contribution >= 4 is 26.7 Å². The first-order chi connectivity index (χ1) is 14.1. The number of nitrogens with one attached hydrogen (secondary N) is 1. The number of carboxylic acid groups (broad SMARTS) is 1. The van der Waals surface area contributed by atoms with Gasteiger partial charge in [0.25, 0.3) is 0 Å². The molecule has 7 N–H and O–H groups in total. The molecule has 4 unspecified atom stereocenters. The fraction of sp³-hybridized carbons (Fsp3) is 0.769. The van der Waals surface area contributed by atoms with Gasteiger partial charge in [-0.2, -0.15) is 21.6 Å². The Bertz CT molecular complexity index is 902. The number of aliphatic hydroxyl groups excluding tert-OH is 3. The van der Waals surface area contributed by atoms with Crippen molar-refractivity contribution in [3.05, 3.63) is 11.8 Å². The third kappa shape index (κ3) is 6.76. The zero-order valence-electron chi connectivity index (χ0n) is 15.6.